The maximum Gasteiger partial charge on any atom is 0.311 e. The molecular weight excluding hydrogens is 432 g/mol. The normalized spacial score (nSPS) is 15.0. The first-order chi connectivity index (χ1) is 17.2. The van der Waals surface area contributed by atoms with Crippen LogP contribution < -0.4 is 4.74 Å². The third-order valence-corrected chi connectivity index (χ3v) is 7.48. The summed E-state index contributed by atoms with van der Waals surface area (Å²) >= 11 is 0. The van der Waals surface area contributed by atoms with Crippen LogP contribution in [0.5, 0.6) is 5.75 Å². The van der Waals surface area contributed by atoms with Crippen molar-refractivity contribution in [3.05, 3.63) is 65.9 Å². The molecule has 0 amide bonds. The summed E-state index contributed by atoms with van der Waals surface area (Å²) in [5, 5.41) is 1.18. The van der Waals surface area contributed by atoms with Crippen molar-refractivity contribution in [3.8, 4) is 5.75 Å². The highest BCUT2D eigenvalue weighted by Crippen LogP contribution is 2.28. The molecule has 0 unspecified atom stereocenters. The molecule has 1 aliphatic heterocycles. The molecule has 0 atom stereocenters. The molecule has 188 valence electrons. The zero-order valence-corrected chi connectivity index (χ0v) is 21.4. The van der Waals surface area contributed by atoms with E-state index in [2.05, 4.69) is 53.3 Å². The molecule has 4 rings (SSSR count). The summed E-state index contributed by atoms with van der Waals surface area (Å²) in [4.78, 5) is 18.2. The van der Waals surface area contributed by atoms with Crippen molar-refractivity contribution in [1.29, 1.82) is 0 Å². The molecule has 4 heteroatoms. The number of carbonyl (C=O) groups excluding carboxylic acids is 1. The van der Waals surface area contributed by atoms with Crippen LogP contribution in [-0.4, -0.2) is 35.5 Å². The number of nitrogens with zero attached hydrogens (tertiary/aromatic N) is 1. The van der Waals surface area contributed by atoms with Gasteiger partial charge in [0.05, 0.1) is 0 Å². The lowest BCUT2D eigenvalue weighted by molar-refractivity contribution is -0.134. The number of hydrogen-bond donors (Lipinski definition) is 1. The van der Waals surface area contributed by atoms with Crippen molar-refractivity contribution in [3.63, 3.8) is 0 Å². The summed E-state index contributed by atoms with van der Waals surface area (Å²) in [6.07, 6.45) is 14.3. The molecule has 1 fully saturated rings. The van der Waals surface area contributed by atoms with Crippen LogP contribution in [0.1, 0.15) is 88.2 Å². The van der Waals surface area contributed by atoms with Gasteiger partial charge in [-0.3, -0.25) is 4.79 Å². The van der Waals surface area contributed by atoms with Gasteiger partial charge in [-0.05, 0) is 93.4 Å². The number of esters is 1. The molecular formula is C31H42N2O2. The van der Waals surface area contributed by atoms with Crippen molar-refractivity contribution < 1.29 is 9.53 Å². The molecule has 4 nitrogen and oxygen atoms in total. The number of nitrogens with one attached hydrogen (secondary N) is 1. The first-order valence-electron chi connectivity index (χ1n) is 13.8. The highest BCUT2D eigenvalue weighted by atomic mass is 16.5. The number of likely N-dealkylation sites (tertiary alicyclic amines) is 1. The molecule has 0 saturated carbocycles. The van der Waals surface area contributed by atoms with Gasteiger partial charge in [-0.15, -0.1) is 0 Å². The number of benzene rings is 2. The Hall–Kier alpha value is -2.59. The van der Waals surface area contributed by atoms with Gasteiger partial charge in [0.25, 0.3) is 0 Å². The van der Waals surface area contributed by atoms with Gasteiger partial charge in [-0.25, -0.2) is 0 Å². The highest BCUT2D eigenvalue weighted by Gasteiger charge is 2.20. The lowest BCUT2D eigenvalue weighted by Gasteiger charge is -2.32. The number of aromatic amines is 1. The molecule has 0 bridgehead atoms. The number of ether oxygens (including phenoxy) is 1. The molecule has 2 heterocycles. The van der Waals surface area contributed by atoms with Crippen LogP contribution in [0.2, 0.25) is 0 Å². The van der Waals surface area contributed by atoms with Crippen LogP contribution in [0.4, 0.5) is 0 Å². The van der Waals surface area contributed by atoms with Crippen LogP contribution in [0.25, 0.3) is 10.9 Å². The Kier molecular flexibility index (Phi) is 9.83. The van der Waals surface area contributed by atoms with Crippen molar-refractivity contribution in [1.82, 2.24) is 9.88 Å². The minimum atomic E-state index is -0.117. The maximum atomic E-state index is 12.2. The first-order valence-corrected chi connectivity index (χ1v) is 13.8. The van der Waals surface area contributed by atoms with Crippen LogP contribution >= 0.6 is 0 Å². The van der Waals surface area contributed by atoms with Gasteiger partial charge >= 0.3 is 5.97 Å². The number of fused-ring (bicyclic) bond motifs is 1. The van der Waals surface area contributed by atoms with E-state index in [4.69, 9.17) is 4.74 Å². The predicted octanol–water partition coefficient (Wildman–Crippen LogP) is 7.64. The van der Waals surface area contributed by atoms with Crippen LogP contribution in [-0.2, 0) is 11.2 Å². The number of carbonyl (C=O) groups is 1. The lowest BCUT2D eigenvalue weighted by atomic mass is 9.89. The average molecular weight is 475 g/mol. The summed E-state index contributed by atoms with van der Waals surface area (Å²) in [5.74, 6) is 1.27. The van der Waals surface area contributed by atoms with Gasteiger partial charge in [-0.1, -0.05) is 62.9 Å². The van der Waals surface area contributed by atoms with Crippen LogP contribution in [0, 0.1) is 0 Å². The molecule has 0 radical (unpaired) electrons. The topological polar surface area (TPSA) is 45.3 Å². The smallest absolute Gasteiger partial charge is 0.311 e. The van der Waals surface area contributed by atoms with E-state index >= 15 is 0 Å². The van der Waals surface area contributed by atoms with E-state index in [1.54, 1.807) is 0 Å². The minimum absolute atomic E-state index is 0.117. The quantitative estimate of drug-likeness (QED) is 0.157. The second-order valence-corrected chi connectivity index (χ2v) is 10.1. The number of rotatable bonds is 13. The van der Waals surface area contributed by atoms with Crippen molar-refractivity contribution >= 4 is 16.9 Å². The second kappa shape index (κ2) is 13.5. The number of aromatic nitrogens is 1. The van der Waals surface area contributed by atoms with Gasteiger partial charge in [0, 0.05) is 23.5 Å². The van der Waals surface area contributed by atoms with Gasteiger partial charge < -0.3 is 14.6 Å². The van der Waals surface area contributed by atoms with E-state index in [0.29, 0.717) is 12.2 Å². The average Bonchev–Trinajstić information content (AvgIpc) is 3.29. The van der Waals surface area contributed by atoms with Crippen molar-refractivity contribution in [2.24, 2.45) is 0 Å². The number of H-pyrrole nitrogens is 1. The number of aryl methyl sites for hydroxylation is 1. The molecule has 1 saturated heterocycles. The van der Waals surface area contributed by atoms with E-state index in [1.165, 1.54) is 81.1 Å². The van der Waals surface area contributed by atoms with Crippen LogP contribution in [0.3, 0.4) is 0 Å². The zero-order valence-electron chi connectivity index (χ0n) is 21.4. The SMILES string of the molecule is CCCCCCCC(=O)Oc1ccc2[nH]cc(CCCCN3CCC(c4ccccc4)CC3)c2c1. The lowest BCUT2D eigenvalue weighted by Crippen LogP contribution is -2.33. The van der Waals surface area contributed by atoms with Gasteiger partial charge in [0.2, 0.25) is 0 Å². The summed E-state index contributed by atoms with van der Waals surface area (Å²) in [6.45, 7) is 5.81. The Bertz CT molecular complexity index is 1030. The molecule has 0 aliphatic carbocycles. The Morgan fingerprint density at radius 1 is 0.971 bits per heavy atom. The fraction of sp³-hybridized carbons (Fsp3) is 0.516. The monoisotopic (exact) mass is 474 g/mol. The van der Waals surface area contributed by atoms with Gasteiger partial charge in [0.1, 0.15) is 5.75 Å². The largest absolute Gasteiger partial charge is 0.427 e. The molecule has 1 aromatic heterocycles. The van der Waals surface area contributed by atoms with Gasteiger partial charge in [-0.2, -0.15) is 0 Å². The Morgan fingerprint density at radius 3 is 2.57 bits per heavy atom. The molecule has 0 spiro atoms. The highest BCUT2D eigenvalue weighted by molar-refractivity contribution is 5.85. The van der Waals surface area contributed by atoms with E-state index < -0.39 is 0 Å². The fourth-order valence-corrected chi connectivity index (χ4v) is 5.35. The van der Waals surface area contributed by atoms with Crippen molar-refractivity contribution in [2.45, 2.75) is 83.5 Å². The molecule has 35 heavy (non-hydrogen) atoms. The molecule has 1 aliphatic rings. The first kappa shape index (κ1) is 25.5. The van der Waals surface area contributed by atoms with E-state index in [0.717, 1.165) is 30.7 Å². The second-order valence-electron chi connectivity index (χ2n) is 10.1. The minimum Gasteiger partial charge on any atom is -0.427 e. The number of hydrogen-bond acceptors (Lipinski definition) is 3. The molecule has 1 N–H and O–H groups in total. The van der Waals surface area contributed by atoms with Gasteiger partial charge in [0.15, 0.2) is 0 Å². The third-order valence-electron chi connectivity index (χ3n) is 7.48. The summed E-state index contributed by atoms with van der Waals surface area (Å²) in [7, 11) is 0. The zero-order chi connectivity index (χ0) is 24.3. The Balaban J connectivity index is 1.19. The summed E-state index contributed by atoms with van der Waals surface area (Å²) < 4.78 is 5.64. The van der Waals surface area contributed by atoms with Crippen molar-refractivity contribution in [2.75, 3.05) is 19.6 Å². The van der Waals surface area contributed by atoms with E-state index in [1.807, 2.05) is 18.2 Å². The molecule has 2 aromatic carbocycles. The van der Waals surface area contributed by atoms with E-state index in [9.17, 15) is 4.79 Å². The van der Waals surface area contributed by atoms with Crippen LogP contribution in [0.15, 0.2) is 54.7 Å². The summed E-state index contributed by atoms with van der Waals surface area (Å²) in [5.41, 5.74) is 3.94. The van der Waals surface area contributed by atoms with E-state index in [-0.39, 0.29) is 5.97 Å². The maximum absolute atomic E-state index is 12.2. The standard InChI is InChI=1S/C31H42N2O2/c1-2-3-4-5-9-15-31(34)35-28-16-17-30-29(23-28)27(24-32-30)14-10-11-20-33-21-18-26(19-22-33)25-12-7-6-8-13-25/h6-8,12-13,16-17,23-24,26,32H,2-5,9-11,14-15,18-22H2,1H3. The number of piperidine rings is 1. The predicted molar refractivity (Wildman–Crippen MR) is 145 cm³/mol. The Morgan fingerprint density at radius 2 is 1.77 bits per heavy atom. The fourth-order valence-electron chi connectivity index (χ4n) is 5.35. The Labute approximate surface area is 211 Å². The molecule has 3 aromatic rings. The third kappa shape index (κ3) is 7.70. The summed E-state index contributed by atoms with van der Waals surface area (Å²) in [6, 6.07) is 17.0. The number of unbranched alkanes of at least 4 members (excludes halogenated alkanes) is 5.